The normalized spacial score (nSPS) is 16.1. The molecule has 20 heavy (non-hydrogen) atoms. The predicted molar refractivity (Wildman–Crippen MR) is 75.5 cm³/mol. The second-order valence-corrected chi connectivity index (χ2v) is 5.45. The van der Waals surface area contributed by atoms with E-state index < -0.39 is 12.4 Å². The Labute approximate surface area is 115 Å². The molecule has 0 radical (unpaired) electrons. The zero-order valence-electron chi connectivity index (χ0n) is 11.0. The summed E-state index contributed by atoms with van der Waals surface area (Å²) in [5.41, 5.74) is -0.555. The molecule has 0 spiro atoms. The molecule has 0 saturated heterocycles. The molecular weight excluding hydrogens is 264 g/mol. The molecule has 106 valence electrons. The summed E-state index contributed by atoms with van der Waals surface area (Å²) in [6.07, 6.45) is 3.70. The van der Waals surface area contributed by atoms with Crippen LogP contribution in [0.4, 0.5) is 12.9 Å². The van der Waals surface area contributed by atoms with Crippen molar-refractivity contribution in [3.05, 3.63) is 36.4 Å². The molecule has 0 N–H and O–H groups in total. The predicted octanol–water partition coefficient (Wildman–Crippen LogP) is 4.07. The van der Waals surface area contributed by atoms with Crippen LogP contribution in [0.25, 0.3) is 10.8 Å². The molecule has 1 aliphatic carbocycles. The van der Waals surface area contributed by atoms with Crippen LogP contribution in [0, 0.1) is 5.92 Å². The van der Waals surface area contributed by atoms with E-state index in [2.05, 4.69) is 0 Å². The molecule has 0 heterocycles. The number of ether oxygens (including phenoxy) is 1. The highest BCUT2D eigenvalue weighted by Crippen LogP contribution is 2.28. The topological polar surface area (TPSA) is 9.23 Å². The third-order valence-electron chi connectivity index (χ3n) is 3.92. The molecule has 1 fully saturated rings. The van der Waals surface area contributed by atoms with Gasteiger partial charge < -0.3 is 17.7 Å². The van der Waals surface area contributed by atoms with Gasteiger partial charge in [0.05, 0.1) is 6.61 Å². The molecule has 0 unspecified atom stereocenters. The van der Waals surface area contributed by atoms with Crippen molar-refractivity contribution in [3.8, 4) is 5.75 Å². The van der Waals surface area contributed by atoms with Crippen molar-refractivity contribution in [1.29, 1.82) is 0 Å². The Hall–Kier alpha value is -1.65. The lowest BCUT2D eigenvalue weighted by atomic mass is 9.79. The zero-order chi connectivity index (χ0) is 14.2. The quantitative estimate of drug-likeness (QED) is 0.766. The first kappa shape index (κ1) is 13.3. The Bertz CT molecular complexity index is 620. The van der Waals surface area contributed by atoms with Gasteiger partial charge >= 0.3 is 6.98 Å². The summed E-state index contributed by atoms with van der Waals surface area (Å²) in [6.45, 7) is -4.24. The average molecular weight is 279 g/mol. The summed E-state index contributed by atoms with van der Waals surface area (Å²) in [7, 11) is 0. The molecular formula is C15H15BF3O-. The van der Waals surface area contributed by atoms with Crippen LogP contribution in [0.5, 0.6) is 5.75 Å². The Morgan fingerprint density at radius 1 is 1.00 bits per heavy atom. The van der Waals surface area contributed by atoms with E-state index in [4.69, 9.17) is 4.74 Å². The summed E-state index contributed by atoms with van der Waals surface area (Å²) >= 11 is 0. The van der Waals surface area contributed by atoms with Gasteiger partial charge in [-0.2, -0.15) is 0 Å². The fourth-order valence-corrected chi connectivity index (χ4v) is 2.41. The van der Waals surface area contributed by atoms with Crippen LogP contribution in [0.2, 0.25) is 0 Å². The van der Waals surface area contributed by atoms with Crippen LogP contribution in [0.15, 0.2) is 36.4 Å². The lowest BCUT2D eigenvalue weighted by molar-refractivity contribution is 0.181. The summed E-state index contributed by atoms with van der Waals surface area (Å²) in [4.78, 5) is 0. The molecule has 3 rings (SSSR count). The number of halogens is 3. The van der Waals surface area contributed by atoms with E-state index in [-0.39, 0.29) is 0 Å². The fourth-order valence-electron chi connectivity index (χ4n) is 2.41. The maximum atomic E-state index is 12.7. The third-order valence-corrected chi connectivity index (χ3v) is 3.92. The minimum atomic E-state index is -4.94. The van der Waals surface area contributed by atoms with Crippen molar-refractivity contribution in [2.75, 3.05) is 6.61 Å². The van der Waals surface area contributed by atoms with E-state index in [1.807, 2.05) is 0 Å². The minimum Gasteiger partial charge on any atom is -0.493 e. The van der Waals surface area contributed by atoms with E-state index in [0.29, 0.717) is 17.9 Å². The molecule has 0 bridgehead atoms. The lowest BCUT2D eigenvalue weighted by Gasteiger charge is -2.25. The van der Waals surface area contributed by atoms with Crippen LogP contribution in [-0.4, -0.2) is 13.6 Å². The van der Waals surface area contributed by atoms with E-state index in [1.165, 1.54) is 31.4 Å². The molecule has 0 aliphatic heterocycles. The number of hydrogen-bond acceptors (Lipinski definition) is 1. The summed E-state index contributed by atoms with van der Waals surface area (Å²) < 4.78 is 43.8. The van der Waals surface area contributed by atoms with E-state index in [1.54, 1.807) is 18.2 Å². The van der Waals surface area contributed by atoms with Crippen LogP contribution in [0.1, 0.15) is 19.3 Å². The third kappa shape index (κ3) is 2.76. The molecule has 2 aromatic rings. The monoisotopic (exact) mass is 279 g/mol. The number of benzene rings is 2. The SMILES string of the molecule is F[B-](F)(F)c1ccc2cc(OCC3CCC3)ccc2c1. The molecule has 1 saturated carbocycles. The van der Waals surface area contributed by atoms with E-state index in [9.17, 15) is 12.9 Å². The van der Waals surface area contributed by atoms with Crippen LogP contribution >= 0.6 is 0 Å². The van der Waals surface area contributed by atoms with E-state index in [0.717, 1.165) is 17.2 Å². The van der Waals surface area contributed by atoms with Crippen LogP contribution < -0.4 is 10.2 Å². The second-order valence-electron chi connectivity index (χ2n) is 5.45. The maximum absolute atomic E-state index is 12.7. The van der Waals surface area contributed by atoms with Gasteiger partial charge in [-0.05, 0) is 41.7 Å². The van der Waals surface area contributed by atoms with Crippen LogP contribution in [-0.2, 0) is 0 Å². The molecule has 0 atom stereocenters. The van der Waals surface area contributed by atoms with Gasteiger partial charge in [0.15, 0.2) is 0 Å². The first-order valence-electron chi connectivity index (χ1n) is 6.89. The van der Waals surface area contributed by atoms with Gasteiger partial charge in [0, 0.05) is 0 Å². The Morgan fingerprint density at radius 3 is 2.35 bits per heavy atom. The first-order valence-corrected chi connectivity index (χ1v) is 6.89. The highest BCUT2D eigenvalue weighted by molar-refractivity contribution is 6.73. The number of hydrogen-bond donors (Lipinski definition) is 0. The van der Waals surface area contributed by atoms with Gasteiger partial charge in [0.1, 0.15) is 5.75 Å². The van der Waals surface area contributed by atoms with Gasteiger partial charge in [-0.15, -0.1) is 5.46 Å². The molecule has 0 aromatic heterocycles. The summed E-state index contributed by atoms with van der Waals surface area (Å²) in [6, 6.07) is 9.09. The molecule has 2 aromatic carbocycles. The first-order chi connectivity index (χ1) is 9.52. The van der Waals surface area contributed by atoms with Gasteiger partial charge in [0.25, 0.3) is 0 Å². The number of fused-ring (bicyclic) bond motifs is 1. The second kappa shape index (κ2) is 5.04. The molecule has 1 aliphatic rings. The fraction of sp³-hybridized carbons (Fsp3) is 0.333. The number of rotatable bonds is 4. The standard InChI is InChI=1S/C15H15BF3O/c17-16(18,19)14-6-4-13-9-15(7-5-12(13)8-14)20-10-11-2-1-3-11/h4-9,11H,1-3,10H2/q-1. The summed E-state index contributed by atoms with van der Waals surface area (Å²) in [5.74, 6) is 1.37. The lowest BCUT2D eigenvalue weighted by Crippen LogP contribution is -2.33. The van der Waals surface area contributed by atoms with Crippen molar-refractivity contribution >= 4 is 23.2 Å². The highest BCUT2D eigenvalue weighted by atomic mass is 19.4. The van der Waals surface area contributed by atoms with E-state index >= 15 is 0 Å². The van der Waals surface area contributed by atoms with Gasteiger partial charge in [0.2, 0.25) is 0 Å². The van der Waals surface area contributed by atoms with Gasteiger partial charge in [-0.1, -0.05) is 30.7 Å². The highest BCUT2D eigenvalue weighted by Gasteiger charge is 2.25. The summed E-state index contributed by atoms with van der Waals surface area (Å²) in [5, 5.41) is 1.37. The smallest absolute Gasteiger partial charge is 0.493 e. The Morgan fingerprint density at radius 2 is 1.70 bits per heavy atom. The van der Waals surface area contributed by atoms with Crippen molar-refractivity contribution < 1.29 is 17.7 Å². The van der Waals surface area contributed by atoms with Gasteiger partial charge in [-0.3, -0.25) is 0 Å². The minimum absolute atomic E-state index is 0.555. The van der Waals surface area contributed by atoms with Crippen molar-refractivity contribution in [1.82, 2.24) is 0 Å². The molecule has 0 amide bonds. The maximum Gasteiger partial charge on any atom is 0.509 e. The van der Waals surface area contributed by atoms with Crippen molar-refractivity contribution in [3.63, 3.8) is 0 Å². The van der Waals surface area contributed by atoms with Crippen molar-refractivity contribution in [2.24, 2.45) is 5.92 Å². The Kier molecular flexibility index (Phi) is 3.36. The molecule has 5 heteroatoms. The van der Waals surface area contributed by atoms with Crippen molar-refractivity contribution in [2.45, 2.75) is 19.3 Å². The van der Waals surface area contributed by atoms with Gasteiger partial charge in [-0.25, -0.2) is 0 Å². The molecule has 1 nitrogen and oxygen atoms in total. The Balaban J connectivity index is 1.80. The zero-order valence-corrected chi connectivity index (χ0v) is 11.0. The largest absolute Gasteiger partial charge is 0.509 e. The van der Waals surface area contributed by atoms with Crippen LogP contribution in [0.3, 0.4) is 0 Å². The average Bonchev–Trinajstić information content (AvgIpc) is 2.35.